The number of carbonyl (C=O) groups excluding carboxylic acids is 1. The highest BCUT2D eigenvalue weighted by Gasteiger charge is 2.26. The minimum atomic E-state index is 0.130. The lowest BCUT2D eigenvalue weighted by Gasteiger charge is -2.22. The first kappa shape index (κ1) is 21.1. The zero-order valence-electron chi connectivity index (χ0n) is 18.8. The van der Waals surface area contributed by atoms with Crippen LogP contribution in [0.25, 0.3) is 10.2 Å². The molecule has 0 fully saturated rings. The summed E-state index contributed by atoms with van der Waals surface area (Å²) in [6.07, 6.45) is 8.35. The molecule has 1 atom stereocenters. The van der Waals surface area contributed by atoms with E-state index in [4.69, 9.17) is 4.74 Å². The molecule has 3 heterocycles. The number of carbonyl (C=O) groups is 1. The predicted octanol–water partition coefficient (Wildman–Crippen LogP) is 5.49. The Morgan fingerprint density at radius 1 is 1.31 bits per heavy atom. The number of aromatic nitrogens is 2. The fourth-order valence-electron chi connectivity index (χ4n) is 4.69. The van der Waals surface area contributed by atoms with E-state index in [2.05, 4.69) is 32.4 Å². The second kappa shape index (κ2) is 8.62. The van der Waals surface area contributed by atoms with Gasteiger partial charge in [-0.15, -0.1) is 11.3 Å². The van der Waals surface area contributed by atoms with Crippen LogP contribution >= 0.6 is 11.3 Å². The topological polar surface area (TPSA) is 76.5 Å². The summed E-state index contributed by atoms with van der Waals surface area (Å²) in [5.74, 6) is 2.69. The number of ketones is 1. The average molecular weight is 449 g/mol. The Bertz CT molecular complexity index is 1210. The maximum atomic E-state index is 12.1. The molecule has 0 bridgehead atoms. The number of aryl methyl sites for hydroxylation is 1. The van der Waals surface area contributed by atoms with Gasteiger partial charge in [0.2, 0.25) is 0 Å². The van der Waals surface area contributed by atoms with Crippen LogP contribution in [0.1, 0.15) is 54.7 Å². The summed E-state index contributed by atoms with van der Waals surface area (Å²) < 4.78 is 5.64. The average Bonchev–Trinajstić information content (AvgIpc) is 3.40. The number of fused-ring (bicyclic) bond motifs is 4. The van der Waals surface area contributed by atoms with Crippen molar-refractivity contribution in [2.24, 2.45) is 16.8 Å². The third-order valence-electron chi connectivity index (χ3n) is 6.60. The molecule has 32 heavy (non-hydrogen) atoms. The highest BCUT2D eigenvalue weighted by Crippen LogP contribution is 2.42. The molecule has 2 aromatic heterocycles. The van der Waals surface area contributed by atoms with Gasteiger partial charge in [0.25, 0.3) is 0 Å². The van der Waals surface area contributed by atoms with Gasteiger partial charge in [0.05, 0.1) is 24.7 Å². The molecule has 1 N–H and O–H groups in total. The van der Waals surface area contributed by atoms with E-state index in [1.54, 1.807) is 24.8 Å². The van der Waals surface area contributed by atoms with Crippen LogP contribution in [0.15, 0.2) is 23.5 Å². The molecule has 0 saturated carbocycles. The zero-order valence-corrected chi connectivity index (χ0v) is 19.6. The molecule has 5 rings (SSSR count). The summed E-state index contributed by atoms with van der Waals surface area (Å²) in [5.41, 5.74) is 4.54. The third-order valence-corrected chi connectivity index (χ3v) is 7.76. The van der Waals surface area contributed by atoms with E-state index < -0.39 is 0 Å². The Balaban J connectivity index is 1.43. The standard InChI is InChI=1S/C25H28N4O2S/c1-14(2)20(30)7-5-15-4-6-18-22(8-15)32-25-23(18)24(27-13-28-25)29-19-9-16-11-26-12-17(16)10-21(19)31-3/h9-11,13-15H,4-8,12H2,1-3H3,(H,27,28,29). The number of hydrogen-bond acceptors (Lipinski definition) is 7. The van der Waals surface area contributed by atoms with Crippen LogP contribution in [0.3, 0.4) is 0 Å². The lowest BCUT2D eigenvalue weighted by Crippen LogP contribution is -2.15. The van der Waals surface area contributed by atoms with Crippen LogP contribution in [0.5, 0.6) is 5.75 Å². The Labute approximate surface area is 192 Å². The van der Waals surface area contributed by atoms with Crippen LogP contribution in [0, 0.1) is 11.8 Å². The molecule has 1 aliphatic carbocycles. The van der Waals surface area contributed by atoms with Gasteiger partial charge in [-0.25, -0.2) is 9.97 Å². The van der Waals surface area contributed by atoms with Crippen molar-refractivity contribution in [2.75, 3.05) is 12.4 Å². The van der Waals surface area contributed by atoms with E-state index in [-0.39, 0.29) is 5.92 Å². The van der Waals surface area contributed by atoms with Crippen LogP contribution in [-0.2, 0) is 24.2 Å². The molecule has 6 nitrogen and oxygen atoms in total. The Hall–Kier alpha value is -2.80. The Morgan fingerprint density at radius 2 is 2.19 bits per heavy atom. The number of aliphatic imine (C=N–C) groups is 1. The fraction of sp³-hybridized carbons (Fsp3) is 0.440. The monoisotopic (exact) mass is 448 g/mol. The van der Waals surface area contributed by atoms with Crippen LogP contribution in [0.2, 0.25) is 0 Å². The zero-order chi connectivity index (χ0) is 22.2. The molecule has 0 saturated heterocycles. The lowest BCUT2D eigenvalue weighted by molar-refractivity contribution is -0.122. The molecule has 0 spiro atoms. The molecule has 2 aliphatic rings. The largest absolute Gasteiger partial charge is 0.495 e. The normalized spacial score (nSPS) is 16.9. The first-order chi connectivity index (χ1) is 15.5. The number of rotatable bonds is 7. The maximum absolute atomic E-state index is 12.1. The molecule has 3 aromatic rings. The van der Waals surface area contributed by atoms with Crippen molar-refractivity contribution in [1.82, 2.24) is 9.97 Å². The summed E-state index contributed by atoms with van der Waals surface area (Å²) in [5, 5.41) is 4.65. The molecule has 1 aliphatic heterocycles. The molecule has 1 aromatic carbocycles. The van der Waals surface area contributed by atoms with Crippen LogP contribution < -0.4 is 10.1 Å². The Morgan fingerprint density at radius 3 is 3.00 bits per heavy atom. The summed E-state index contributed by atoms with van der Waals surface area (Å²) in [6, 6.07) is 4.13. The van der Waals surface area contributed by atoms with E-state index in [9.17, 15) is 4.79 Å². The van der Waals surface area contributed by atoms with E-state index in [0.717, 1.165) is 58.7 Å². The number of thiophene rings is 1. The van der Waals surface area contributed by atoms with Crippen molar-refractivity contribution in [3.05, 3.63) is 40.0 Å². The van der Waals surface area contributed by atoms with Crippen molar-refractivity contribution >= 4 is 45.1 Å². The highest BCUT2D eigenvalue weighted by atomic mass is 32.1. The van der Waals surface area contributed by atoms with Gasteiger partial charge >= 0.3 is 0 Å². The minimum absolute atomic E-state index is 0.130. The number of methoxy groups -OCH3 is 1. The number of nitrogens with zero attached hydrogens (tertiary/aromatic N) is 3. The van der Waals surface area contributed by atoms with Gasteiger partial charge in [-0.3, -0.25) is 9.79 Å². The predicted molar refractivity (Wildman–Crippen MR) is 130 cm³/mol. The Kier molecular flexibility index (Phi) is 5.67. The van der Waals surface area contributed by atoms with E-state index in [0.29, 0.717) is 24.7 Å². The summed E-state index contributed by atoms with van der Waals surface area (Å²) >= 11 is 1.77. The third kappa shape index (κ3) is 3.90. The molecule has 166 valence electrons. The van der Waals surface area contributed by atoms with Gasteiger partial charge in [-0.2, -0.15) is 0 Å². The summed E-state index contributed by atoms with van der Waals surface area (Å²) in [7, 11) is 1.69. The lowest BCUT2D eigenvalue weighted by atomic mass is 9.84. The van der Waals surface area contributed by atoms with Gasteiger partial charge in [-0.05, 0) is 60.4 Å². The van der Waals surface area contributed by atoms with Gasteiger partial charge in [0.15, 0.2) is 0 Å². The van der Waals surface area contributed by atoms with E-state index in [1.807, 2.05) is 20.1 Å². The quantitative estimate of drug-likeness (QED) is 0.517. The second-order valence-electron chi connectivity index (χ2n) is 9.02. The molecule has 0 amide bonds. The molecular formula is C25H28N4O2S. The SMILES string of the molecule is COc1cc2c(cc1Nc1ncnc3sc4c(c13)CCC(CCC(=O)C(C)C)C4)C=NC2. The van der Waals surface area contributed by atoms with E-state index >= 15 is 0 Å². The fourth-order valence-corrected chi connectivity index (χ4v) is 5.99. The number of hydrogen-bond donors (Lipinski definition) is 1. The second-order valence-corrected chi connectivity index (χ2v) is 10.1. The molecular weight excluding hydrogens is 420 g/mol. The summed E-state index contributed by atoms with van der Waals surface area (Å²) in [6.45, 7) is 4.68. The van der Waals surface area contributed by atoms with Gasteiger partial charge in [0, 0.05) is 23.4 Å². The molecule has 0 radical (unpaired) electrons. The number of nitrogens with one attached hydrogen (secondary N) is 1. The first-order valence-corrected chi connectivity index (χ1v) is 12.1. The van der Waals surface area contributed by atoms with E-state index in [1.165, 1.54) is 16.0 Å². The van der Waals surface area contributed by atoms with Gasteiger partial charge in [0.1, 0.15) is 28.5 Å². The smallest absolute Gasteiger partial charge is 0.142 e. The van der Waals surface area contributed by atoms with Crippen LogP contribution in [0.4, 0.5) is 11.5 Å². The van der Waals surface area contributed by atoms with Crippen LogP contribution in [-0.4, -0.2) is 29.1 Å². The van der Waals surface area contributed by atoms with Crippen molar-refractivity contribution in [3.63, 3.8) is 0 Å². The highest BCUT2D eigenvalue weighted by molar-refractivity contribution is 7.19. The maximum Gasteiger partial charge on any atom is 0.142 e. The summed E-state index contributed by atoms with van der Waals surface area (Å²) in [4.78, 5) is 28.0. The number of anilines is 2. The van der Waals surface area contributed by atoms with Gasteiger partial charge in [-0.1, -0.05) is 13.8 Å². The van der Waals surface area contributed by atoms with Crippen molar-refractivity contribution in [1.29, 1.82) is 0 Å². The first-order valence-electron chi connectivity index (χ1n) is 11.3. The van der Waals surface area contributed by atoms with Crippen molar-refractivity contribution in [3.8, 4) is 5.75 Å². The number of benzene rings is 1. The van der Waals surface area contributed by atoms with Crippen molar-refractivity contribution in [2.45, 2.75) is 52.5 Å². The van der Waals surface area contributed by atoms with Crippen molar-refractivity contribution < 1.29 is 9.53 Å². The molecule has 7 heteroatoms. The number of ether oxygens (including phenoxy) is 1. The minimum Gasteiger partial charge on any atom is -0.495 e. The molecule has 1 unspecified atom stereocenters. The van der Waals surface area contributed by atoms with Gasteiger partial charge < -0.3 is 10.1 Å². The number of Topliss-reactive ketones (excluding diaryl/α,β-unsaturated/α-hetero) is 1.